The number of hydrogen-bond acceptors (Lipinski definition) is 1. The van der Waals surface area contributed by atoms with Gasteiger partial charge in [0, 0.05) is 33.5 Å². The number of para-hydroxylation sites is 3. The summed E-state index contributed by atoms with van der Waals surface area (Å²) in [6.45, 7) is 0. The number of anilines is 3. The predicted octanol–water partition coefficient (Wildman–Crippen LogP) is 13.4. The molecule has 0 radical (unpaired) electrons. The minimum absolute atomic E-state index is 1.10. The van der Waals surface area contributed by atoms with Gasteiger partial charge in [-0.25, -0.2) is 0 Å². The van der Waals surface area contributed by atoms with Crippen LogP contribution < -0.4 is 4.90 Å². The maximum atomic E-state index is 2.42. The van der Waals surface area contributed by atoms with Gasteiger partial charge in [-0.05, 0) is 98.0 Å². The van der Waals surface area contributed by atoms with Gasteiger partial charge in [-0.3, -0.25) is 0 Å². The summed E-state index contributed by atoms with van der Waals surface area (Å²) in [5.41, 5.74) is 9.17. The van der Waals surface area contributed by atoms with Crippen molar-refractivity contribution in [3.8, 4) is 16.8 Å². The van der Waals surface area contributed by atoms with Crippen LogP contribution in [0.2, 0.25) is 0 Å². The van der Waals surface area contributed by atoms with Crippen LogP contribution in [-0.4, -0.2) is 4.57 Å². The van der Waals surface area contributed by atoms with Crippen molar-refractivity contribution in [3.63, 3.8) is 0 Å². The molecule has 0 saturated carbocycles. The molecule has 0 aliphatic heterocycles. The van der Waals surface area contributed by atoms with Gasteiger partial charge in [0.05, 0.1) is 11.0 Å². The molecule has 0 spiro atoms. The minimum atomic E-state index is 1.10. The molecule has 234 valence electrons. The first-order valence-electron chi connectivity index (χ1n) is 17.2. The van der Waals surface area contributed by atoms with E-state index in [0.717, 1.165) is 28.3 Å². The van der Waals surface area contributed by atoms with E-state index in [9.17, 15) is 0 Å². The lowest BCUT2D eigenvalue weighted by Gasteiger charge is -2.27. The van der Waals surface area contributed by atoms with E-state index in [1.54, 1.807) is 0 Å². The summed E-state index contributed by atoms with van der Waals surface area (Å²) in [5.74, 6) is 0. The summed E-state index contributed by atoms with van der Waals surface area (Å²) in [6.07, 6.45) is 0. The number of fused-ring (bicyclic) bond motifs is 8. The van der Waals surface area contributed by atoms with Crippen LogP contribution in [0.15, 0.2) is 194 Å². The smallest absolute Gasteiger partial charge is 0.0541 e. The summed E-state index contributed by atoms with van der Waals surface area (Å²) >= 11 is 0. The Morgan fingerprint density at radius 2 is 0.880 bits per heavy atom. The first-order chi connectivity index (χ1) is 24.8. The van der Waals surface area contributed by atoms with Gasteiger partial charge in [0.15, 0.2) is 0 Å². The van der Waals surface area contributed by atoms with Gasteiger partial charge >= 0.3 is 0 Å². The summed E-state index contributed by atoms with van der Waals surface area (Å²) in [6, 6.07) is 70.6. The summed E-state index contributed by atoms with van der Waals surface area (Å²) < 4.78 is 2.42. The van der Waals surface area contributed by atoms with E-state index in [1.165, 1.54) is 59.7 Å². The number of nitrogens with zero attached hydrogens (tertiary/aromatic N) is 2. The van der Waals surface area contributed by atoms with E-state index in [2.05, 4.69) is 204 Å². The van der Waals surface area contributed by atoms with Crippen LogP contribution >= 0.6 is 0 Å². The normalized spacial score (nSPS) is 11.6. The summed E-state index contributed by atoms with van der Waals surface area (Å²) in [4.78, 5) is 2.41. The topological polar surface area (TPSA) is 8.17 Å². The van der Waals surface area contributed by atoms with E-state index in [1.807, 2.05) is 0 Å². The first kappa shape index (κ1) is 28.4. The van der Waals surface area contributed by atoms with Gasteiger partial charge in [0.25, 0.3) is 0 Å². The van der Waals surface area contributed by atoms with Gasteiger partial charge in [0.2, 0.25) is 0 Å². The van der Waals surface area contributed by atoms with E-state index in [0.29, 0.717) is 0 Å². The number of hydrogen-bond donors (Lipinski definition) is 0. The third-order valence-electron chi connectivity index (χ3n) is 10.1. The van der Waals surface area contributed by atoms with E-state index in [-0.39, 0.29) is 0 Å². The molecular formula is C48H32N2. The van der Waals surface area contributed by atoms with Gasteiger partial charge in [-0.1, -0.05) is 140 Å². The van der Waals surface area contributed by atoms with Crippen molar-refractivity contribution >= 4 is 71.2 Å². The Morgan fingerprint density at radius 3 is 1.60 bits per heavy atom. The highest BCUT2D eigenvalue weighted by molar-refractivity contribution is 6.20. The second-order valence-electron chi connectivity index (χ2n) is 13.0. The Bertz CT molecular complexity index is 2810. The summed E-state index contributed by atoms with van der Waals surface area (Å²) in [5, 5.41) is 10.1. The van der Waals surface area contributed by atoms with Crippen molar-refractivity contribution in [1.82, 2.24) is 4.57 Å². The molecule has 10 aromatic rings. The lowest BCUT2D eigenvalue weighted by Crippen LogP contribution is -2.11. The van der Waals surface area contributed by atoms with Crippen molar-refractivity contribution in [3.05, 3.63) is 194 Å². The fourth-order valence-corrected chi connectivity index (χ4v) is 7.83. The molecule has 0 aliphatic carbocycles. The fourth-order valence-electron chi connectivity index (χ4n) is 7.83. The van der Waals surface area contributed by atoms with Crippen LogP contribution in [0.5, 0.6) is 0 Å². The largest absolute Gasteiger partial charge is 0.310 e. The molecule has 2 heteroatoms. The fraction of sp³-hybridized carbons (Fsp3) is 0. The molecule has 0 N–H and O–H groups in total. The maximum Gasteiger partial charge on any atom is 0.0541 e. The highest BCUT2D eigenvalue weighted by Gasteiger charge is 2.19. The average molecular weight is 637 g/mol. The Morgan fingerprint density at radius 1 is 0.320 bits per heavy atom. The maximum absolute atomic E-state index is 2.42. The molecule has 0 atom stereocenters. The highest BCUT2D eigenvalue weighted by Crippen LogP contribution is 2.42. The lowest BCUT2D eigenvalue weighted by atomic mass is 9.96. The van der Waals surface area contributed by atoms with E-state index >= 15 is 0 Å². The molecule has 1 aromatic heterocycles. The molecule has 1 heterocycles. The molecule has 9 aromatic carbocycles. The Hall–Kier alpha value is -6.64. The minimum Gasteiger partial charge on any atom is -0.310 e. The van der Waals surface area contributed by atoms with Gasteiger partial charge in [-0.2, -0.15) is 0 Å². The van der Waals surface area contributed by atoms with Crippen LogP contribution in [0, 0.1) is 0 Å². The molecule has 0 fully saturated rings. The first-order valence-corrected chi connectivity index (χ1v) is 17.2. The van der Waals surface area contributed by atoms with Crippen LogP contribution in [0.3, 0.4) is 0 Å². The van der Waals surface area contributed by atoms with Crippen LogP contribution in [0.25, 0.3) is 70.9 Å². The molecule has 50 heavy (non-hydrogen) atoms. The lowest BCUT2D eigenvalue weighted by molar-refractivity contribution is 1.17. The quantitative estimate of drug-likeness (QED) is 0.171. The second kappa shape index (κ2) is 11.5. The Kier molecular flexibility index (Phi) is 6.53. The standard InChI is InChI=1S/C48H32N2/c1-3-13-33(14-4-1)37-29-40(31-41(30-37)50-46-21-11-9-19-43(46)44-20-10-12-22-47(44)50)49(38-16-5-2-6-17-38)39-28-27-35-24-26-36-25-23-34-15-7-8-18-42(34)48(36)45(35)32-39/h1-32H. The molecule has 0 aliphatic rings. The molecule has 10 rings (SSSR count). The molecule has 0 unspecified atom stereocenters. The van der Waals surface area contributed by atoms with Crippen molar-refractivity contribution < 1.29 is 0 Å². The highest BCUT2D eigenvalue weighted by atomic mass is 15.1. The Balaban J connectivity index is 1.28. The SMILES string of the molecule is c1ccc(-c2cc(N(c3ccccc3)c3ccc4ccc5ccc6ccccc6c5c4c3)cc(-n3c4ccccc4c4ccccc43)c2)cc1. The zero-order valence-electron chi connectivity index (χ0n) is 27.4. The van der Waals surface area contributed by atoms with Crippen molar-refractivity contribution in [2.24, 2.45) is 0 Å². The predicted molar refractivity (Wildman–Crippen MR) is 213 cm³/mol. The molecule has 2 nitrogen and oxygen atoms in total. The van der Waals surface area contributed by atoms with E-state index < -0.39 is 0 Å². The number of benzene rings is 9. The van der Waals surface area contributed by atoms with Crippen LogP contribution in [-0.2, 0) is 0 Å². The van der Waals surface area contributed by atoms with Crippen molar-refractivity contribution in [2.75, 3.05) is 4.90 Å². The van der Waals surface area contributed by atoms with Crippen LogP contribution in [0.4, 0.5) is 17.1 Å². The molecule has 0 bridgehead atoms. The molecule has 0 saturated heterocycles. The monoisotopic (exact) mass is 636 g/mol. The molecule has 0 amide bonds. The summed E-state index contributed by atoms with van der Waals surface area (Å²) in [7, 11) is 0. The van der Waals surface area contributed by atoms with Crippen molar-refractivity contribution in [1.29, 1.82) is 0 Å². The van der Waals surface area contributed by atoms with Crippen molar-refractivity contribution in [2.45, 2.75) is 0 Å². The zero-order valence-corrected chi connectivity index (χ0v) is 27.4. The van der Waals surface area contributed by atoms with E-state index in [4.69, 9.17) is 0 Å². The number of rotatable bonds is 5. The third kappa shape index (κ3) is 4.57. The van der Waals surface area contributed by atoms with Gasteiger partial charge in [0.1, 0.15) is 0 Å². The second-order valence-corrected chi connectivity index (χ2v) is 13.0. The van der Waals surface area contributed by atoms with Gasteiger partial charge < -0.3 is 9.47 Å². The Labute approximate surface area is 290 Å². The van der Waals surface area contributed by atoms with Crippen LogP contribution in [0.1, 0.15) is 0 Å². The molecular weight excluding hydrogens is 605 g/mol. The number of aromatic nitrogens is 1. The third-order valence-corrected chi connectivity index (χ3v) is 10.1. The van der Waals surface area contributed by atoms with Gasteiger partial charge in [-0.15, -0.1) is 0 Å². The zero-order chi connectivity index (χ0) is 33.0. The average Bonchev–Trinajstić information content (AvgIpc) is 3.53.